The van der Waals surface area contributed by atoms with Gasteiger partial charge in [0.2, 0.25) is 0 Å². The van der Waals surface area contributed by atoms with E-state index < -0.39 is 53.0 Å². The molecule has 14 heteroatoms. The summed E-state index contributed by atoms with van der Waals surface area (Å²) in [5, 5.41) is 38.7. The SMILES string of the molecule is COC1=C([N+](=O)[O-])[C@H](S(=O)(=O)O)C([N+](=O)[O-])=C/C1=[N+](/[O-])O. The van der Waals surface area contributed by atoms with Crippen LogP contribution >= 0.6 is 0 Å². The molecule has 1 aliphatic carbocycles. The Hall–Kier alpha value is -2.74. The summed E-state index contributed by atoms with van der Waals surface area (Å²) in [5.41, 5.74) is -3.93. The van der Waals surface area contributed by atoms with Crippen LogP contribution in [0.25, 0.3) is 0 Å². The van der Waals surface area contributed by atoms with Crippen LogP contribution in [0, 0.1) is 25.4 Å². The lowest BCUT2D eigenvalue weighted by Gasteiger charge is -2.15. The smallest absolute Gasteiger partial charge is 0.326 e. The predicted octanol–water partition coefficient (Wildman–Crippen LogP) is -1.11. The van der Waals surface area contributed by atoms with Gasteiger partial charge >= 0.3 is 11.4 Å². The third kappa shape index (κ3) is 2.90. The van der Waals surface area contributed by atoms with Crippen molar-refractivity contribution in [1.29, 1.82) is 0 Å². The Bertz CT molecular complexity index is 698. The van der Waals surface area contributed by atoms with E-state index in [1.54, 1.807) is 0 Å². The van der Waals surface area contributed by atoms with E-state index >= 15 is 0 Å². The van der Waals surface area contributed by atoms with Crippen molar-refractivity contribution in [3.05, 3.63) is 48.7 Å². The molecule has 0 aliphatic heterocycles. The Balaban J connectivity index is 3.87. The van der Waals surface area contributed by atoms with Crippen LogP contribution in [0.4, 0.5) is 0 Å². The van der Waals surface area contributed by atoms with Crippen molar-refractivity contribution < 1.29 is 37.7 Å². The zero-order chi connectivity index (χ0) is 16.5. The molecule has 13 nitrogen and oxygen atoms in total. The predicted molar refractivity (Wildman–Crippen MR) is 61.9 cm³/mol. The molecule has 1 aliphatic rings. The number of rotatable bonds is 4. The zero-order valence-electron chi connectivity index (χ0n) is 10.1. The first-order chi connectivity index (χ1) is 9.52. The third-order valence-corrected chi connectivity index (χ3v) is 3.44. The molecule has 0 unspecified atom stereocenters. The lowest BCUT2D eigenvalue weighted by molar-refractivity contribution is -0.725. The van der Waals surface area contributed by atoms with Gasteiger partial charge in [0, 0.05) is 4.90 Å². The van der Waals surface area contributed by atoms with Crippen LogP contribution in [-0.4, -0.2) is 51.0 Å². The summed E-state index contributed by atoms with van der Waals surface area (Å²) in [5.74, 6) is -1.04. The molecule has 1 atom stereocenters. The van der Waals surface area contributed by atoms with E-state index in [1.165, 1.54) is 0 Å². The van der Waals surface area contributed by atoms with E-state index in [1.807, 2.05) is 0 Å². The van der Waals surface area contributed by atoms with Gasteiger partial charge in [0.15, 0.2) is 0 Å². The van der Waals surface area contributed by atoms with E-state index in [4.69, 9.17) is 9.76 Å². The lowest BCUT2D eigenvalue weighted by Crippen LogP contribution is -2.38. The van der Waals surface area contributed by atoms with Crippen molar-refractivity contribution in [3.63, 3.8) is 0 Å². The van der Waals surface area contributed by atoms with Gasteiger partial charge in [-0.2, -0.15) is 8.42 Å². The van der Waals surface area contributed by atoms with E-state index in [0.29, 0.717) is 0 Å². The van der Waals surface area contributed by atoms with Crippen LogP contribution in [-0.2, 0) is 14.9 Å². The number of nitro groups is 2. The highest BCUT2D eigenvalue weighted by molar-refractivity contribution is 7.86. The molecule has 0 heterocycles. The van der Waals surface area contributed by atoms with Crippen LogP contribution in [0.1, 0.15) is 0 Å². The quantitative estimate of drug-likeness (QED) is 0.210. The highest BCUT2D eigenvalue weighted by Crippen LogP contribution is 2.29. The summed E-state index contributed by atoms with van der Waals surface area (Å²) >= 11 is 0. The minimum absolute atomic E-state index is 0.247. The molecule has 0 amide bonds. The van der Waals surface area contributed by atoms with Crippen LogP contribution in [0.15, 0.2) is 23.2 Å². The second-order valence-corrected chi connectivity index (χ2v) is 5.06. The molecule has 0 saturated heterocycles. The van der Waals surface area contributed by atoms with Crippen molar-refractivity contribution >= 4 is 15.8 Å². The van der Waals surface area contributed by atoms with Crippen LogP contribution in [0.3, 0.4) is 0 Å². The van der Waals surface area contributed by atoms with Crippen LogP contribution < -0.4 is 0 Å². The van der Waals surface area contributed by atoms with Gasteiger partial charge in [0.25, 0.3) is 26.8 Å². The average Bonchev–Trinajstić information content (AvgIpc) is 2.34. The van der Waals surface area contributed by atoms with Crippen molar-refractivity contribution in [2.24, 2.45) is 0 Å². The minimum Gasteiger partial charge on any atom is -0.486 e. The van der Waals surface area contributed by atoms with E-state index in [2.05, 4.69) is 4.74 Å². The zero-order valence-corrected chi connectivity index (χ0v) is 10.9. The Morgan fingerprint density at radius 2 is 1.76 bits per heavy atom. The van der Waals surface area contributed by atoms with Gasteiger partial charge in [0.1, 0.15) is 0 Å². The molecule has 0 radical (unpaired) electrons. The first-order valence-electron chi connectivity index (χ1n) is 4.80. The second-order valence-electron chi connectivity index (χ2n) is 3.56. The number of ether oxygens (including phenoxy) is 1. The molecular weight excluding hydrogens is 318 g/mol. The summed E-state index contributed by atoms with van der Waals surface area (Å²) in [6.07, 6.45) is 0.247. The van der Waals surface area contributed by atoms with Crippen molar-refractivity contribution in [2.45, 2.75) is 5.25 Å². The number of hydrogen-bond donors (Lipinski definition) is 2. The molecule has 21 heavy (non-hydrogen) atoms. The maximum atomic E-state index is 11.2. The monoisotopic (exact) mass is 325 g/mol. The summed E-state index contributed by atoms with van der Waals surface area (Å²) in [4.78, 5) is 18.1. The standard InChI is InChI=1S/C7H7N3O10S/c1-20-6-3(8(11)12)2-4(9(13)14)7(21(17,18)19)5(6)10(15)16/h2,7H,1H3,(H,11,12)(H,17,18,19)/t7-/m1/s1. The van der Waals surface area contributed by atoms with Gasteiger partial charge in [0.05, 0.1) is 23.0 Å². The summed E-state index contributed by atoms with van der Waals surface area (Å²) < 4.78 is 35.9. The normalized spacial score (nSPS) is 21.6. The maximum absolute atomic E-state index is 11.2. The molecule has 0 aromatic rings. The molecular formula is C7H7N3O10S. The van der Waals surface area contributed by atoms with Crippen molar-refractivity contribution in [3.8, 4) is 0 Å². The summed E-state index contributed by atoms with van der Waals surface area (Å²) in [7, 11) is -4.51. The van der Waals surface area contributed by atoms with Gasteiger partial charge in [-0.1, -0.05) is 0 Å². The fraction of sp³-hybridized carbons (Fsp3) is 0.286. The summed E-state index contributed by atoms with van der Waals surface area (Å²) in [6, 6.07) is 0. The second kappa shape index (κ2) is 5.33. The molecule has 0 aromatic heterocycles. The molecule has 1 rings (SSSR count). The van der Waals surface area contributed by atoms with Gasteiger partial charge < -0.3 is 9.94 Å². The first-order valence-corrected chi connectivity index (χ1v) is 6.31. The van der Waals surface area contributed by atoms with E-state index in [9.17, 15) is 33.9 Å². The molecule has 116 valence electrons. The van der Waals surface area contributed by atoms with Crippen molar-refractivity contribution in [2.75, 3.05) is 7.11 Å². The average molecular weight is 325 g/mol. The Labute approximate surface area is 115 Å². The molecule has 0 bridgehead atoms. The fourth-order valence-corrected chi connectivity index (χ4v) is 2.58. The fourth-order valence-electron chi connectivity index (χ4n) is 1.64. The molecule has 0 spiro atoms. The maximum Gasteiger partial charge on any atom is 0.326 e. The number of allylic oxidation sites excluding steroid dienone is 1. The van der Waals surface area contributed by atoms with Gasteiger partial charge in [-0.05, 0) is 0 Å². The first kappa shape index (κ1) is 16.3. The summed E-state index contributed by atoms with van der Waals surface area (Å²) in [6.45, 7) is 0. The largest absolute Gasteiger partial charge is 0.486 e. The molecule has 0 saturated carbocycles. The van der Waals surface area contributed by atoms with Gasteiger partial charge in [-0.15, -0.1) is 0 Å². The molecule has 0 aromatic carbocycles. The number of hydrogen-bond acceptors (Lipinski definition) is 9. The van der Waals surface area contributed by atoms with Crippen LogP contribution in [0.2, 0.25) is 0 Å². The third-order valence-electron chi connectivity index (χ3n) is 2.38. The molecule has 0 fully saturated rings. The Morgan fingerprint density at radius 3 is 2.05 bits per heavy atom. The lowest BCUT2D eigenvalue weighted by atomic mass is 10.0. The Morgan fingerprint density at radius 1 is 1.24 bits per heavy atom. The Kier molecular flexibility index (Phi) is 4.14. The van der Waals surface area contributed by atoms with Gasteiger partial charge in [-0.25, -0.2) is 0 Å². The number of methoxy groups -OCH3 is 1. The van der Waals surface area contributed by atoms with Gasteiger partial charge in [-0.3, -0.25) is 30.0 Å². The highest BCUT2D eigenvalue weighted by Gasteiger charge is 2.54. The van der Waals surface area contributed by atoms with E-state index in [0.717, 1.165) is 7.11 Å². The number of nitrogens with zero attached hydrogens (tertiary/aromatic N) is 3. The van der Waals surface area contributed by atoms with E-state index in [-0.39, 0.29) is 6.08 Å². The highest BCUT2D eigenvalue weighted by atomic mass is 32.2. The topological polar surface area (TPSA) is 196 Å². The molecule has 2 N–H and O–H groups in total. The van der Waals surface area contributed by atoms with Crippen LogP contribution in [0.5, 0.6) is 0 Å². The van der Waals surface area contributed by atoms with Crippen molar-refractivity contribution in [1.82, 2.24) is 0 Å². The minimum atomic E-state index is -5.31.